The number of hydrogen-bond donors (Lipinski definition) is 1. The number of aliphatic hydroxyl groups excluding tert-OH is 1. The first kappa shape index (κ1) is 10.4. The number of amides is 2. The molecule has 2 amide bonds. The molecule has 2 unspecified atom stereocenters. The Bertz CT molecular complexity index is 298. The van der Waals surface area contributed by atoms with Crippen molar-refractivity contribution in [2.75, 3.05) is 6.61 Å². The van der Waals surface area contributed by atoms with Crippen molar-refractivity contribution >= 4 is 11.8 Å². The van der Waals surface area contributed by atoms with Gasteiger partial charge in [0.15, 0.2) is 0 Å². The van der Waals surface area contributed by atoms with Crippen molar-refractivity contribution in [1.29, 1.82) is 0 Å². The molecule has 0 aromatic carbocycles. The molecule has 1 fully saturated rings. The Morgan fingerprint density at radius 1 is 1.33 bits per heavy atom. The maximum absolute atomic E-state index is 11.9. The highest BCUT2D eigenvalue weighted by molar-refractivity contribution is 6.05. The van der Waals surface area contributed by atoms with Gasteiger partial charge in [-0.25, -0.2) is 0 Å². The lowest BCUT2D eigenvalue weighted by Crippen LogP contribution is -2.41. The maximum atomic E-state index is 11.9. The summed E-state index contributed by atoms with van der Waals surface area (Å²) in [6.45, 7) is 1.53. The summed E-state index contributed by atoms with van der Waals surface area (Å²) in [5.74, 6) is -0.597. The van der Waals surface area contributed by atoms with Crippen LogP contribution in [-0.4, -0.2) is 34.5 Å². The van der Waals surface area contributed by atoms with Gasteiger partial charge in [-0.1, -0.05) is 12.2 Å². The average molecular weight is 209 g/mol. The molecule has 0 saturated carbocycles. The van der Waals surface area contributed by atoms with E-state index in [1.807, 2.05) is 12.2 Å². The van der Waals surface area contributed by atoms with Crippen molar-refractivity contribution in [2.24, 2.45) is 11.8 Å². The van der Waals surface area contributed by atoms with E-state index < -0.39 is 6.04 Å². The van der Waals surface area contributed by atoms with E-state index in [2.05, 4.69) is 0 Å². The maximum Gasteiger partial charge on any atom is 0.233 e. The number of aliphatic hydroxyl groups is 1. The molecule has 4 heteroatoms. The Labute approximate surface area is 88.6 Å². The minimum atomic E-state index is -0.393. The fraction of sp³-hybridized carbons (Fsp3) is 0.636. The molecule has 2 rings (SSSR count). The lowest BCUT2D eigenvalue weighted by molar-refractivity contribution is -0.143. The Hall–Kier alpha value is -1.16. The quantitative estimate of drug-likeness (QED) is 0.526. The second-order valence-corrected chi connectivity index (χ2v) is 4.23. The zero-order valence-corrected chi connectivity index (χ0v) is 8.72. The number of imide groups is 1. The first-order chi connectivity index (χ1) is 7.16. The second kappa shape index (κ2) is 3.77. The van der Waals surface area contributed by atoms with Crippen LogP contribution in [0.3, 0.4) is 0 Å². The van der Waals surface area contributed by atoms with Crippen LogP contribution >= 0.6 is 0 Å². The van der Waals surface area contributed by atoms with Gasteiger partial charge in [-0.3, -0.25) is 14.5 Å². The van der Waals surface area contributed by atoms with E-state index in [4.69, 9.17) is 5.11 Å². The summed E-state index contributed by atoms with van der Waals surface area (Å²) in [7, 11) is 0. The summed E-state index contributed by atoms with van der Waals surface area (Å²) < 4.78 is 0. The first-order valence-corrected chi connectivity index (χ1v) is 5.29. The van der Waals surface area contributed by atoms with E-state index in [0.29, 0.717) is 12.8 Å². The van der Waals surface area contributed by atoms with Crippen LogP contribution in [0.25, 0.3) is 0 Å². The molecule has 3 atom stereocenters. The summed E-state index contributed by atoms with van der Waals surface area (Å²) in [5, 5.41) is 9.00. The number of allylic oxidation sites excluding steroid dienone is 2. The molecule has 4 nitrogen and oxygen atoms in total. The van der Waals surface area contributed by atoms with E-state index in [1.54, 1.807) is 6.92 Å². The lowest BCUT2D eigenvalue weighted by Gasteiger charge is -2.20. The number of fused-ring (bicyclic) bond motifs is 1. The molecule has 15 heavy (non-hydrogen) atoms. The van der Waals surface area contributed by atoms with Crippen molar-refractivity contribution in [3.63, 3.8) is 0 Å². The molecule has 0 bridgehead atoms. The second-order valence-electron chi connectivity index (χ2n) is 4.23. The van der Waals surface area contributed by atoms with Crippen molar-refractivity contribution < 1.29 is 14.7 Å². The minimum absolute atomic E-state index is 0.115. The first-order valence-electron chi connectivity index (χ1n) is 5.29. The van der Waals surface area contributed by atoms with Crippen molar-refractivity contribution in [3.8, 4) is 0 Å². The van der Waals surface area contributed by atoms with Gasteiger partial charge < -0.3 is 5.11 Å². The third-order valence-electron chi connectivity index (χ3n) is 3.25. The van der Waals surface area contributed by atoms with E-state index >= 15 is 0 Å². The zero-order chi connectivity index (χ0) is 11.0. The molecule has 2 aliphatic rings. The molecule has 1 heterocycles. The number of hydrogen-bond acceptors (Lipinski definition) is 3. The number of nitrogens with zero attached hydrogens (tertiary/aromatic N) is 1. The van der Waals surface area contributed by atoms with E-state index in [-0.39, 0.29) is 30.3 Å². The Kier molecular flexibility index (Phi) is 2.61. The fourth-order valence-corrected chi connectivity index (χ4v) is 2.34. The van der Waals surface area contributed by atoms with Crippen molar-refractivity contribution in [2.45, 2.75) is 25.8 Å². The van der Waals surface area contributed by atoms with Gasteiger partial charge in [0.2, 0.25) is 11.8 Å². The van der Waals surface area contributed by atoms with Crippen LogP contribution in [0.2, 0.25) is 0 Å². The predicted octanol–water partition coefficient (Wildman–Crippen LogP) is 0.318. The molecule has 0 spiro atoms. The molecule has 0 aromatic heterocycles. The predicted molar refractivity (Wildman–Crippen MR) is 53.8 cm³/mol. The molecule has 82 valence electrons. The van der Waals surface area contributed by atoms with Gasteiger partial charge in [0.25, 0.3) is 0 Å². The number of carbonyl (C=O) groups excluding carboxylic acids is 2. The number of rotatable bonds is 2. The number of likely N-dealkylation sites (tertiary alicyclic amines) is 1. The van der Waals surface area contributed by atoms with Gasteiger partial charge in [0.1, 0.15) is 0 Å². The third-order valence-corrected chi connectivity index (χ3v) is 3.25. The minimum Gasteiger partial charge on any atom is -0.394 e. The summed E-state index contributed by atoms with van der Waals surface area (Å²) in [4.78, 5) is 25.1. The number of carbonyl (C=O) groups is 2. The van der Waals surface area contributed by atoms with Crippen LogP contribution in [0.4, 0.5) is 0 Å². The molecule has 1 saturated heterocycles. The van der Waals surface area contributed by atoms with Crippen LogP contribution in [0.5, 0.6) is 0 Å². The van der Waals surface area contributed by atoms with Gasteiger partial charge in [0, 0.05) is 0 Å². The molecule has 1 aliphatic heterocycles. The normalized spacial score (nSPS) is 32.0. The SMILES string of the molecule is C[C@@H](CO)N1C(=O)C2CC=CCC2C1=O. The fourth-order valence-electron chi connectivity index (χ4n) is 2.34. The zero-order valence-electron chi connectivity index (χ0n) is 8.72. The summed E-state index contributed by atoms with van der Waals surface area (Å²) >= 11 is 0. The summed E-state index contributed by atoms with van der Waals surface area (Å²) in [6, 6.07) is -0.393. The van der Waals surface area contributed by atoms with Crippen LogP contribution < -0.4 is 0 Å². The topological polar surface area (TPSA) is 57.6 Å². The standard InChI is InChI=1S/C11H15NO3/c1-7(6-13)12-10(14)8-4-2-3-5-9(8)11(12)15/h2-3,7-9,13H,4-6H2,1H3/t7-,8?,9?/m0/s1. The van der Waals surface area contributed by atoms with E-state index in [1.165, 1.54) is 4.90 Å². The van der Waals surface area contributed by atoms with Gasteiger partial charge in [-0.15, -0.1) is 0 Å². The Morgan fingerprint density at radius 2 is 1.80 bits per heavy atom. The highest BCUT2D eigenvalue weighted by Crippen LogP contribution is 2.35. The molecular formula is C11H15NO3. The van der Waals surface area contributed by atoms with Gasteiger partial charge >= 0.3 is 0 Å². The van der Waals surface area contributed by atoms with E-state index in [0.717, 1.165) is 0 Å². The smallest absolute Gasteiger partial charge is 0.233 e. The molecular weight excluding hydrogens is 194 g/mol. The van der Waals surface area contributed by atoms with Gasteiger partial charge in [-0.2, -0.15) is 0 Å². The average Bonchev–Trinajstić information content (AvgIpc) is 2.52. The monoisotopic (exact) mass is 209 g/mol. The van der Waals surface area contributed by atoms with Crippen molar-refractivity contribution in [1.82, 2.24) is 4.90 Å². The van der Waals surface area contributed by atoms with Crippen LogP contribution in [0.1, 0.15) is 19.8 Å². The lowest BCUT2D eigenvalue weighted by atomic mass is 9.85. The van der Waals surface area contributed by atoms with Gasteiger partial charge in [0.05, 0.1) is 24.5 Å². The highest BCUT2D eigenvalue weighted by Gasteiger charge is 2.48. The highest BCUT2D eigenvalue weighted by atomic mass is 16.3. The molecule has 1 aliphatic carbocycles. The Morgan fingerprint density at radius 3 is 2.20 bits per heavy atom. The Balaban J connectivity index is 2.24. The van der Waals surface area contributed by atoms with Crippen LogP contribution in [-0.2, 0) is 9.59 Å². The van der Waals surface area contributed by atoms with E-state index in [9.17, 15) is 9.59 Å². The summed E-state index contributed by atoms with van der Waals surface area (Å²) in [6.07, 6.45) is 5.23. The van der Waals surface area contributed by atoms with Crippen LogP contribution in [0.15, 0.2) is 12.2 Å². The summed E-state index contributed by atoms with van der Waals surface area (Å²) in [5.41, 5.74) is 0. The molecule has 0 radical (unpaired) electrons. The van der Waals surface area contributed by atoms with Crippen molar-refractivity contribution in [3.05, 3.63) is 12.2 Å². The van der Waals surface area contributed by atoms with Crippen LogP contribution in [0, 0.1) is 11.8 Å². The molecule has 1 N–H and O–H groups in total. The largest absolute Gasteiger partial charge is 0.394 e. The molecule has 0 aromatic rings. The third kappa shape index (κ3) is 1.49. The van der Waals surface area contributed by atoms with Gasteiger partial charge in [-0.05, 0) is 19.8 Å².